The number of halogens is 2. The number of ketones is 1. The quantitative estimate of drug-likeness (QED) is 0.589. The fourth-order valence-electron chi connectivity index (χ4n) is 0.335. The summed E-state index contributed by atoms with van der Waals surface area (Å²) in [6, 6.07) is 0. The molecule has 0 bridgehead atoms. The minimum Gasteiger partial charge on any atom is -0.346 e. The summed E-state index contributed by atoms with van der Waals surface area (Å²) in [6.07, 6.45) is -4.48. The van der Waals surface area contributed by atoms with Gasteiger partial charge in [0, 0.05) is 14.2 Å². The predicted octanol–water partition coefficient (Wildman–Crippen LogP) is 0.440. The smallest absolute Gasteiger partial charge is 0.263 e. The highest BCUT2D eigenvalue weighted by Crippen LogP contribution is 2.02. The van der Waals surface area contributed by atoms with Crippen LogP contribution >= 0.6 is 0 Å². The second-order valence-electron chi connectivity index (χ2n) is 1.51. The van der Waals surface area contributed by atoms with Crippen molar-refractivity contribution in [2.45, 2.75) is 12.7 Å². The Hall–Kier alpha value is -0.550. The number of hydrogen-bond acceptors (Lipinski definition) is 3. The number of carbonyl (C=O) groups is 1. The van der Waals surface area contributed by atoms with Crippen LogP contribution in [0.1, 0.15) is 0 Å². The number of Topliss-reactive ketones (excluding diaryl/α,β-unsaturated/α-hetero) is 1. The van der Waals surface area contributed by atoms with Crippen LogP contribution in [0.15, 0.2) is 0 Å². The molecule has 0 fully saturated rings. The van der Waals surface area contributed by atoms with Crippen LogP contribution in [0, 0.1) is 0 Å². The number of ether oxygens (including phenoxy) is 2. The van der Waals surface area contributed by atoms with Gasteiger partial charge in [-0.05, 0) is 0 Å². The summed E-state index contributed by atoms with van der Waals surface area (Å²) < 4.78 is 31.9. The van der Waals surface area contributed by atoms with E-state index in [9.17, 15) is 13.6 Å². The van der Waals surface area contributed by atoms with Crippen molar-refractivity contribution in [1.29, 1.82) is 0 Å². The highest BCUT2D eigenvalue weighted by molar-refractivity contribution is 5.84. The van der Waals surface area contributed by atoms with Gasteiger partial charge in [-0.15, -0.1) is 0 Å². The molecule has 0 spiro atoms. The minimum atomic E-state index is -2.24. The van der Waals surface area contributed by atoms with Crippen LogP contribution in [0.25, 0.3) is 0 Å². The Morgan fingerprint density at radius 3 is 1.70 bits per heavy atom. The standard InChI is InChI=1S/C5H8F2O3/c1-9-4(6)3(8)5(7)10-2/h4-5H,1-2H3. The summed E-state index contributed by atoms with van der Waals surface area (Å²) >= 11 is 0. The Labute approximate surface area is 56.9 Å². The molecule has 0 aliphatic heterocycles. The van der Waals surface area contributed by atoms with Crippen molar-refractivity contribution in [3.8, 4) is 0 Å². The maximum Gasteiger partial charge on any atom is 0.263 e. The Bertz CT molecular complexity index is 105. The molecule has 0 aromatic carbocycles. The van der Waals surface area contributed by atoms with E-state index in [0.29, 0.717) is 0 Å². The third-order valence-corrected chi connectivity index (χ3v) is 0.861. The maximum atomic E-state index is 12.1. The molecule has 0 rings (SSSR count). The van der Waals surface area contributed by atoms with E-state index in [4.69, 9.17) is 0 Å². The molecule has 0 amide bonds. The molecule has 60 valence electrons. The van der Waals surface area contributed by atoms with Crippen molar-refractivity contribution in [2.24, 2.45) is 0 Å². The van der Waals surface area contributed by atoms with Crippen molar-refractivity contribution < 1.29 is 23.0 Å². The molecule has 0 aliphatic carbocycles. The Morgan fingerprint density at radius 2 is 1.50 bits per heavy atom. The molecule has 0 aromatic heterocycles. The highest BCUT2D eigenvalue weighted by Gasteiger charge is 2.25. The number of carbonyl (C=O) groups excluding carboxylic acids is 1. The van der Waals surface area contributed by atoms with Gasteiger partial charge in [-0.2, -0.15) is 0 Å². The topological polar surface area (TPSA) is 35.5 Å². The lowest BCUT2D eigenvalue weighted by atomic mass is 10.4. The zero-order valence-electron chi connectivity index (χ0n) is 5.64. The Kier molecular flexibility index (Phi) is 4.06. The minimum absolute atomic E-state index is 0.963. The summed E-state index contributed by atoms with van der Waals surface area (Å²) in [5.41, 5.74) is 0. The van der Waals surface area contributed by atoms with Gasteiger partial charge in [-0.1, -0.05) is 0 Å². The average Bonchev–Trinajstić information content (AvgIpc) is 2.00. The fraction of sp³-hybridized carbons (Fsp3) is 0.800. The molecule has 0 radical (unpaired) electrons. The Morgan fingerprint density at radius 1 is 1.20 bits per heavy atom. The van der Waals surface area contributed by atoms with Crippen LogP contribution in [-0.4, -0.2) is 32.7 Å². The molecule has 2 atom stereocenters. The molecule has 0 saturated carbocycles. The first-order valence-electron chi connectivity index (χ1n) is 2.51. The summed E-state index contributed by atoms with van der Waals surface area (Å²) in [7, 11) is 1.93. The van der Waals surface area contributed by atoms with E-state index < -0.39 is 18.5 Å². The first-order valence-corrected chi connectivity index (χ1v) is 2.51. The molecule has 0 heterocycles. The fourth-order valence-corrected chi connectivity index (χ4v) is 0.335. The van der Waals surface area contributed by atoms with Gasteiger partial charge in [0.15, 0.2) is 0 Å². The van der Waals surface area contributed by atoms with Gasteiger partial charge in [-0.3, -0.25) is 4.79 Å². The number of hydrogen-bond donors (Lipinski definition) is 0. The van der Waals surface area contributed by atoms with Gasteiger partial charge in [0.2, 0.25) is 0 Å². The summed E-state index contributed by atoms with van der Waals surface area (Å²) in [6.45, 7) is 0. The van der Waals surface area contributed by atoms with Crippen molar-refractivity contribution in [2.75, 3.05) is 14.2 Å². The highest BCUT2D eigenvalue weighted by atomic mass is 19.2. The summed E-state index contributed by atoms with van der Waals surface area (Å²) in [4.78, 5) is 10.3. The lowest BCUT2D eigenvalue weighted by Crippen LogP contribution is -2.28. The van der Waals surface area contributed by atoms with Crippen molar-refractivity contribution >= 4 is 5.78 Å². The Balaban J connectivity index is 3.82. The van der Waals surface area contributed by atoms with E-state index in [0.717, 1.165) is 14.2 Å². The van der Waals surface area contributed by atoms with Crippen LogP contribution in [-0.2, 0) is 14.3 Å². The third kappa shape index (κ3) is 2.36. The molecule has 0 N–H and O–H groups in total. The second kappa shape index (κ2) is 4.29. The van der Waals surface area contributed by atoms with E-state index >= 15 is 0 Å². The van der Waals surface area contributed by atoms with E-state index in [2.05, 4.69) is 9.47 Å². The molecule has 0 aliphatic rings. The summed E-state index contributed by atoms with van der Waals surface area (Å²) in [5.74, 6) is -1.36. The second-order valence-corrected chi connectivity index (χ2v) is 1.51. The number of methoxy groups -OCH3 is 2. The predicted molar refractivity (Wildman–Crippen MR) is 28.8 cm³/mol. The van der Waals surface area contributed by atoms with Gasteiger partial charge in [0.25, 0.3) is 18.5 Å². The molecule has 0 saturated heterocycles. The lowest BCUT2D eigenvalue weighted by molar-refractivity contribution is -0.159. The molecule has 2 unspecified atom stereocenters. The van der Waals surface area contributed by atoms with E-state index in [1.165, 1.54) is 0 Å². The van der Waals surface area contributed by atoms with Gasteiger partial charge in [0.05, 0.1) is 0 Å². The van der Waals surface area contributed by atoms with Crippen molar-refractivity contribution in [3.63, 3.8) is 0 Å². The van der Waals surface area contributed by atoms with E-state index in [-0.39, 0.29) is 0 Å². The molecule has 0 aromatic rings. The average molecular weight is 154 g/mol. The van der Waals surface area contributed by atoms with Crippen molar-refractivity contribution in [3.05, 3.63) is 0 Å². The van der Waals surface area contributed by atoms with Crippen LogP contribution in [0.3, 0.4) is 0 Å². The third-order valence-electron chi connectivity index (χ3n) is 0.861. The zero-order valence-corrected chi connectivity index (χ0v) is 5.64. The van der Waals surface area contributed by atoms with E-state index in [1.54, 1.807) is 0 Å². The van der Waals surface area contributed by atoms with Crippen LogP contribution in [0.2, 0.25) is 0 Å². The van der Waals surface area contributed by atoms with Crippen LogP contribution < -0.4 is 0 Å². The van der Waals surface area contributed by atoms with Gasteiger partial charge < -0.3 is 9.47 Å². The maximum absolute atomic E-state index is 12.1. The zero-order chi connectivity index (χ0) is 8.15. The van der Waals surface area contributed by atoms with E-state index in [1.807, 2.05) is 0 Å². The monoisotopic (exact) mass is 154 g/mol. The summed E-state index contributed by atoms with van der Waals surface area (Å²) in [5, 5.41) is 0. The number of alkyl halides is 2. The molecular formula is C5H8F2O3. The molecule has 5 heteroatoms. The van der Waals surface area contributed by atoms with Gasteiger partial charge in [-0.25, -0.2) is 8.78 Å². The SMILES string of the molecule is COC(F)C(=O)C(F)OC. The van der Waals surface area contributed by atoms with Crippen LogP contribution in [0.5, 0.6) is 0 Å². The van der Waals surface area contributed by atoms with Gasteiger partial charge >= 0.3 is 0 Å². The molecule has 10 heavy (non-hydrogen) atoms. The largest absolute Gasteiger partial charge is 0.346 e. The first kappa shape index (κ1) is 9.45. The van der Waals surface area contributed by atoms with Crippen LogP contribution in [0.4, 0.5) is 8.78 Å². The normalized spacial score (nSPS) is 16.4. The number of rotatable bonds is 4. The van der Waals surface area contributed by atoms with Crippen molar-refractivity contribution in [1.82, 2.24) is 0 Å². The molecular weight excluding hydrogens is 146 g/mol. The molecule has 3 nitrogen and oxygen atoms in total. The first-order chi connectivity index (χ1) is 4.63. The lowest BCUT2D eigenvalue weighted by Gasteiger charge is -2.06. The van der Waals surface area contributed by atoms with Gasteiger partial charge in [0.1, 0.15) is 0 Å².